The highest BCUT2D eigenvalue weighted by molar-refractivity contribution is 5.48. The molecule has 0 aliphatic rings. The van der Waals surface area contributed by atoms with E-state index < -0.39 is 0 Å². The molecule has 17 heavy (non-hydrogen) atoms. The van der Waals surface area contributed by atoms with Gasteiger partial charge in [0.1, 0.15) is 6.61 Å². The quantitative estimate of drug-likeness (QED) is 0.796. The van der Waals surface area contributed by atoms with Crippen LogP contribution in [0.4, 0.5) is 0 Å². The Labute approximate surface area is 102 Å². The second kappa shape index (κ2) is 5.39. The Hall–Kier alpha value is -1.96. The molecule has 0 heterocycles. The summed E-state index contributed by atoms with van der Waals surface area (Å²) in [4.78, 5) is 0. The highest BCUT2D eigenvalue weighted by atomic mass is 16.5. The maximum Gasteiger partial charge on any atom is 0.164 e. The number of rotatable bonds is 4. The van der Waals surface area contributed by atoms with Crippen LogP contribution in [0.1, 0.15) is 11.1 Å². The third-order valence-electron chi connectivity index (χ3n) is 2.51. The zero-order chi connectivity index (χ0) is 12.1. The van der Waals surface area contributed by atoms with Crippen molar-refractivity contribution < 1.29 is 9.47 Å². The molecule has 2 heteroatoms. The van der Waals surface area contributed by atoms with Gasteiger partial charge in [-0.05, 0) is 24.1 Å². The molecule has 0 spiro atoms. The van der Waals surface area contributed by atoms with Gasteiger partial charge in [0.05, 0.1) is 7.11 Å². The summed E-state index contributed by atoms with van der Waals surface area (Å²) < 4.78 is 11.0. The van der Waals surface area contributed by atoms with Gasteiger partial charge < -0.3 is 9.47 Å². The van der Waals surface area contributed by atoms with Crippen molar-refractivity contribution in [3.8, 4) is 11.5 Å². The third-order valence-corrected chi connectivity index (χ3v) is 2.51. The molecule has 87 valence electrons. The van der Waals surface area contributed by atoms with Crippen molar-refractivity contribution in [3.63, 3.8) is 0 Å². The molecule has 2 aromatic rings. The van der Waals surface area contributed by atoms with Gasteiger partial charge in [-0.3, -0.25) is 0 Å². The van der Waals surface area contributed by atoms with Gasteiger partial charge in [0.25, 0.3) is 0 Å². The van der Waals surface area contributed by atoms with Crippen LogP contribution in [0.25, 0.3) is 0 Å². The SMILES string of the molecule is [CH2]c1cccc(OC)c1OCc1ccccc1. The Kier molecular flexibility index (Phi) is 3.66. The lowest BCUT2D eigenvalue weighted by Crippen LogP contribution is -1.99. The van der Waals surface area contributed by atoms with E-state index in [1.165, 1.54) is 0 Å². The fourth-order valence-electron chi connectivity index (χ4n) is 1.62. The molecule has 0 amide bonds. The summed E-state index contributed by atoms with van der Waals surface area (Å²) in [6.07, 6.45) is 0. The van der Waals surface area contributed by atoms with Crippen molar-refractivity contribution in [1.82, 2.24) is 0 Å². The predicted octanol–water partition coefficient (Wildman–Crippen LogP) is 3.46. The van der Waals surface area contributed by atoms with Gasteiger partial charge >= 0.3 is 0 Å². The van der Waals surface area contributed by atoms with Crippen molar-refractivity contribution in [3.05, 3.63) is 66.6 Å². The van der Waals surface area contributed by atoms with E-state index in [1.54, 1.807) is 7.11 Å². The molecule has 1 radical (unpaired) electrons. The summed E-state index contributed by atoms with van der Waals surface area (Å²) in [5.41, 5.74) is 1.96. The van der Waals surface area contributed by atoms with Gasteiger partial charge in [0, 0.05) is 0 Å². The Morgan fingerprint density at radius 1 is 1.00 bits per heavy atom. The van der Waals surface area contributed by atoms with Crippen LogP contribution < -0.4 is 9.47 Å². The molecule has 2 rings (SSSR count). The molecule has 0 aromatic heterocycles. The van der Waals surface area contributed by atoms with Crippen LogP contribution in [0.3, 0.4) is 0 Å². The van der Waals surface area contributed by atoms with Gasteiger partial charge in [0.15, 0.2) is 11.5 Å². The summed E-state index contributed by atoms with van der Waals surface area (Å²) in [5.74, 6) is 1.42. The van der Waals surface area contributed by atoms with Crippen molar-refractivity contribution in [2.45, 2.75) is 6.61 Å². The molecule has 0 saturated carbocycles. The first-order valence-corrected chi connectivity index (χ1v) is 5.47. The van der Waals surface area contributed by atoms with Crippen LogP contribution in [-0.2, 0) is 6.61 Å². The summed E-state index contributed by atoms with van der Waals surface area (Å²) >= 11 is 0. The second-order valence-corrected chi connectivity index (χ2v) is 3.72. The molecule has 0 unspecified atom stereocenters. The first kappa shape index (κ1) is 11.5. The smallest absolute Gasteiger partial charge is 0.164 e. The van der Waals surface area contributed by atoms with E-state index in [2.05, 4.69) is 6.92 Å². The standard InChI is InChI=1S/C15H15O2/c1-12-7-6-10-14(16-2)15(12)17-11-13-8-4-3-5-9-13/h3-10H,1,11H2,2H3. The summed E-state index contributed by atoms with van der Waals surface area (Å²) in [6, 6.07) is 15.7. The minimum Gasteiger partial charge on any atom is -0.493 e. The van der Waals surface area contributed by atoms with Crippen molar-refractivity contribution in [2.24, 2.45) is 0 Å². The maximum absolute atomic E-state index is 5.76. The lowest BCUT2D eigenvalue weighted by molar-refractivity contribution is 0.283. The van der Waals surface area contributed by atoms with E-state index in [-0.39, 0.29) is 0 Å². The van der Waals surface area contributed by atoms with Crippen LogP contribution >= 0.6 is 0 Å². The van der Waals surface area contributed by atoms with E-state index >= 15 is 0 Å². The van der Waals surface area contributed by atoms with Crippen molar-refractivity contribution in [2.75, 3.05) is 7.11 Å². The monoisotopic (exact) mass is 227 g/mol. The third kappa shape index (κ3) is 2.78. The van der Waals surface area contributed by atoms with Gasteiger partial charge in [-0.1, -0.05) is 42.5 Å². The highest BCUT2D eigenvalue weighted by Crippen LogP contribution is 2.30. The average Bonchev–Trinajstić information content (AvgIpc) is 2.38. The predicted molar refractivity (Wildman–Crippen MR) is 68.2 cm³/mol. The van der Waals surface area contributed by atoms with Crippen LogP contribution in [0.15, 0.2) is 48.5 Å². The van der Waals surface area contributed by atoms with Gasteiger partial charge in [-0.25, -0.2) is 0 Å². The topological polar surface area (TPSA) is 18.5 Å². The number of para-hydroxylation sites is 1. The number of methoxy groups -OCH3 is 1. The Bertz CT molecular complexity index is 478. The normalized spacial score (nSPS) is 10.0. The molecule has 0 atom stereocenters. The Balaban J connectivity index is 2.14. The van der Waals surface area contributed by atoms with Gasteiger partial charge in [-0.2, -0.15) is 0 Å². The van der Waals surface area contributed by atoms with Gasteiger partial charge in [-0.15, -0.1) is 0 Å². The number of hydrogen-bond acceptors (Lipinski definition) is 2. The van der Waals surface area contributed by atoms with Crippen LogP contribution in [0.5, 0.6) is 11.5 Å². The molecule has 0 saturated heterocycles. The minimum absolute atomic E-state index is 0.518. The number of ether oxygens (including phenoxy) is 2. The zero-order valence-corrected chi connectivity index (χ0v) is 9.85. The molecule has 0 aliphatic carbocycles. The molecule has 0 aliphatic heterocycles. The Morgan fingerprint density at radius 2 is 1.76 bits per heavy atom. The second-order valence-electron chi connectivity index (χ2n) is 3.72. The molecule has 0 N–H and O–H groups in total. The van der Waals surface area contributed by atoms with E-state index in [4.69, 9.17) is 9.47 Å². The van der Waals surface area contributed by atoms with E-state index in [0.717, 1.165) is 11.1 Å². The van der Waals surface area contributed by atoms with E-state index in [1.807, 2.05) is 48.5 Å². The van der Waals surface area contributed by atoms with Crippen LogP contribution in [0.2, 0.25) is 0 Å². The number of hydrogen-bond donors (Lipinski definition) is 0. The summed E-state index contributed by atoms with van der Waals surface area (Å²) in [6.45, 7) is 4.45. The van der Waals surface area contributed by atoms with E-state index in [9.17, 15) is 0 Å². The largest absolute Gasteiger partial charge is 0.493 e. The molecule has 2 aromatic carbocycles. The van der Waals surface area contributed by atoms with E-state index in [0.29, 0.717) is 18.1 Å². The summed E-state index contributed by atoms with van der Waals surface area (Å²) in [5, 5.41) is 0. The van der Waals surface area contributed by atoms with Crippen molar-refractivity contribution in [1.29, 1.82) is 0 Å². The number of benzene rings is 2. The molecular formula is C15H15O2. The highest BCUT2D eigenvalue weighted by Gasteiger charge is 2.07. The first-order chi connectivity index (χ1) is 8.31. The molecular weight excluding hydrogens is 212 g/mol. The fourth-order valence-corrected chi connectivity index (χ4v) is 1.62. The first-order valence-electron chi connectivity index (χ1n) is 5.47. The van der Waals surface area contributed by atoms with Gasteiger partial charge in [0.2, 0.25) is 0 Å². The molecule has 2 nitrogen and oxygen atoms in total. The van der Waals surface area contributed by atoms with Crippen LogP contribution in [0, 0.1) is 6.92 Å². The lowest BCUT2D eigenvalue weighted by atomic mass is 10.2. The lowest BCUT2D eigenvalue weighted by Gasteiger charge is -2.12. The molecule has 0 bridgehead atoms. The minimum atomic E-state index is 0.518. The summed E-state index contributed by atoms with van der Waals surface area (Å²) in [7, 11) is 1.63. The van der Waals surface area contributed by atoms with Crippen LogP contribution in [-0.4, -0.2) is 7.11 Å². The fraction of sp³-hybridized carbons (Fsp3) is 0.133. The van der Waals surface area contributed by atoms with Crippen molar-refractivity contribution >= 4 is 0 Å². The zero-order valence-electron chi connectivity index (χ0n) is 9.85. The Morgan fingerprint density at radius 3 is 2.47 bits per heavy atom. The average molecular weight is 227 g/mol. The maximum atomic E-state index is 5.76. The molecule has 0 fully saturated rings.